The maximum absolute atomic E-state index is 13.4. The highest BCUT2D eigenvalue weighted by molar-refractivity contribution is 6.06. The lowest BCUT2D eigenvalue weighted by atomic mass is 9.86. The SMILES string of the molecule is Cc1noc(CNC(=O)[C@@H](NC(=O)c2nn(Cc3ccc(C#N)cc3)c3ccccc23)C(C)(C)C)n1. The number of nitriles is 1. The molecule has 4 rings (SSSR count). The first-order chi connectivity index (χ1) is 17.2. The Bertz CT molecular complexity index is 1440. The molecule has 10 heteroatoms. The number of carbonyl (C=O) groups excluding carboxylic acids is 2. The summed E-state index contributed by atoms with van der Waals surface area (Å²) < 4.78 is 6.80. The van der Waals surface area contributed by atoms with E-state index in [9.17, 15) is 9.59 Å². The lowest BCUT2D eigenvalue weighted by molar-refractivity contribution is -0.125. The molecule has 0 fully saturated rings. The summed E-state index contributed by atoms with van der Waals surface area (Å²) in [4.78, 5) is 30.5. The molecule has 10 nitrogen and oxygen atoms in total. The molecule has 2 N–H and O–H groups in total. The minimum absolute atomic E-state index is 0.0598. The molecule has 1 atom stereocenters. The van der Waals surface area contributed by atoms with Crippen molar-refractivity contribution >= 4 is 22.7 Å². The third-order valence-corrected chi connectivity index (χ3v) is 5.68. The summed E-state index contributed by atoms with van der Waals surface area (Å²) in [6.07, 6.45) is 0. The van der Waals surface area contributed by atoms with Crippen LogP contribution in [-0.4, -0.2) is 37.8 Å². The van der Waals surface area contributed by atoms with Gasteiger partial charge in [-0.15, -0.1) is 0 Å². The normalized spacial score (nSPS) is 12.2. The van der Waals surface area contributed by atoms with Crippen LogP contribution >= 0.6 is 0 Å². The highest BCUT2D eigenvalue weighted by atomic mass is 16.5. The molecule has 0 aliphatic heterocycles. The van der Waals surface area contributed by atoms with Crippen LogP contribution in [-0.2, 0) is 17.9 Å². The van der Waals surface area contributed by atoms with Gasteiger partial charge in [0.2, 0.25) is 11.8 Å². The van der Waals surface area contributed by atoms with Gasteiger partial charge in [-0.05, 0) is 36.1 Å². The second-order valence-corrected chi connectivity index (χ2v) is 9.56. The fourth-order valence-electron chi connectivity index (χ4n) is 3.82. The maximum Gasteiger partial charge on any atom is 0.273 e. The largest absolute Gasteiger partial charge is 0.345 e. The summed E-state index contributed by atoms with van der Waals surface area (Å²) in [6, 6.07) is 15.9. The number of aryl methyl sites for hydroxylation is 1. The van der Waals surface area contributed by atoms with E-state index in [1.54, 1.807) is 23.7 Å². The first-order valence-electron chi connectivity index (χ1n) is 11.5. The van der Waals surface area contributed by atoms with Crippen molar-refractivity contribution < 1.29 is 14.1 Å². The molecule has 2 aromatic carbocycles. The molecule has 0 bridgehead atoms. The van der Waals surface area contributed by atoms with Gasteiger partial charge in [-0.25, -0.2) is 0 Å². The quantitative estimate of drug-likeness (QED) is 0.410. The molecular weight excluding hydrogens is 458 g/mol. The molecule has 0 spiro atoms. The van der Waals surface area contributed by atoms with E-state index in [0.717, 1.165) is 11.1 Å². The number of fused-ring (bicyclic) bond motifs is 1. The third-order valence-electron chi connectivity index (χ3n) is 5.68. The van der Waals surface area contributed by atoms with Gasteiger partial charge in [-0.2, -0.15) is 15.3 Å². The van der Waals surface area contributed by atoms with Crippen LogP contribution in [0.3, 0.4) is 0 Å². The number of aromatic nitrogens is 4. The molecular formula is C26H27N7O3. The molecule has 0 radical (unpaired) electrons. The Morgan fingerprint density at radius 2 is 1.86 bits per heavy atom. The third kappa shape index (κ3) is 5.41. The van der Waals surface area contributed by atoms with Crippen LogP contribution in [0.1, 0.15) is 54.1 Å². The van der Waals surface area contributed by atoms with Crippen molar-refractivity contribution in [1.82, 2.24) is 30.6 Å². The van der Waals surface area contributed by atoms with Crippen LogP contribution in [0.2, 0.25) is 0 Å². The zero-order valence-electron chi connectivity index (χ0n) is 20.6. The van der Waals surface area contributed by atoms with Crippen molar-refractivity contribution in [3.05, 3.63) is 77.1 Å². The molecule has 2 amide bonds. The molecule has 0 aliphatic carbocycles. The molecule has 36 heavy (non-hydrogen) atoms. The number of rotatable bonds is 7. The number of amides is 2. The minimum atomic E-state index is -0.837. The van der Waals surface area contributed by atoms with Crippen LogP contribution < -0.4 is 10.6 Å². The molecule has 0 saturated heterocycles. The highest BCUT2D eigenvalue weighted by Gasteiger charge is 2.34. The van der Waals surface area contributed by atoms with E-state index in [1.807, 2.05) is 57.2 Å². The van der Waals surface area contributed by atoms with E-state index < -0.39 is 17.4 Å². The molecule has 0 aliphatic rings. The molecule has 0 saturated carbocycles. The zero-order chi connectivity index (χ0) is 25.9. The van der Waals surface area contributed by atoms with Gasteiger partial charge in [0.1, 0.15) is 6.04 Å². The Hall–Kier alpha value is -4.52. The number of para-hydroxylation sites is 1. The predicted molar refractivity (Wildman–Crippen MR) is 132 cm³/mol. The van der Waals surface area contributed by atoms with Gasteiger partial charge in [0.25, 0.3) is 5.91 Å². The van der Waals surface area contributed by atoms with Crippen LogP contribution in [0, 0.1) is 23.7 Å². The number of nitrogens with one attached hydrogen (secondary N) is 2. The van der Waals surface area contributed by atoms with E-state index in [2.05, 4.69) is 31.9 Å². The second kappa shape index (κ2) is 10.00. The van der Waals surface area contributed by atoms with Crippen molar-refractivity contribution in [2.24, 2.45) is 5.41 Å². The molecule has 4 aromatic rings. The lowest BCUT2D eigenvalue weighted by Gasteiger charge is -2.30. The van der Waals surface area contributed by atoms with Gasteiger partial charge >= 0.3 is 0 Å². The van der Waals surface area contributed by atoms with Crippen molar-refractivity contribution in [3.8, 4) is 6.07 Å². The minimum Gasteiger partial charge on any atom is -0.345 e. The Labute approximate surface area is 208 Å². The van der Waals surface area contributed by atoms with E-state index in [-0.39, 0.29) is 24.0 Å². The van der Waals surface area contributed by atoms with Crippen molar-refractivity contribution in [2.75, 3.05) is 0 Å². The topological polar surface area (TPSA) is 139 Å². The molecule has 184 valence electrons. The number of nitrogens with zero attached hydrogens (tertiary/aromatic N) is 5. The predicted octanol–water partition coefficient (Wildman–Crippen LogP) is 3.11. The summed E-state index contributed by atoms with van der Waals surface area (Å²) >= 11 is 0. The van der Waals surface area contributed by atoms with Gasteiger partial charge < -0.3 is 15.2 Å². The highest BCUT2D eigenvalue weighted by Crippen LogP contribution is 2.23. The monoisotopic (exact) mass is 485 g/mol. The number of hydrogen-bond donors (Lipinski definition) is 2. The van der Waals surface area contributed by atoms with E-state index in [4.69, 9.17) is 9.78 Å². The van der Waals surface area contributed by atoms with E-state index >= 15 is 0 Å². The van der Waals surface area contributed by atoms with E-state index in [0.29, 0.717) is 23.3 Å². The fourth-order valence-corrected chi connectivity index (χ4v) is 3.82. The fraction of sp³-hybridized carbons (Fsp3) is 0.308. The average molecular weight is 486 g/mol. The summed E-state index contributed by atoms with van der Waals surface area (Å²) in [5.74, 6) is -0.0581. The maximum atomic E-state index is 13.4. The van der Waals surface area contributed by atoms with Gasteiger partial charge in [0.15, 0.2) is 11.5 Å². The smallest absolute Gasteiger partial charge is 0.273 e. The molecule has 0 unspecified atom stereocenters. The van der Waals surface area contributed by atoms with Gasteiger partial charge in [-0.1, -0.05) is 56.3 Å². The lowest BCUT2D eigenvalue weighted by Crippen LogP contribution is -2.53. The van der Waals surface area contributed by atoms with Crippen LogP contribution in [0.15, 0.2) is 53.1 Å². The Kier molecular flexibility index (Phi) is 6.83. The van der Waals surface area contributed by atoms with Crippen molar-refractivity contribution in [2.45, 2.75) is 46.8 Å². The number of hydrogen-bond acceptors (Lipinski definition) is 7. The standard InChI is InChI=1S/C26H27N7O3/c1-16-29-21(36-32-16)14-28-25(35)23(26(2,3)4)30-24(34)22-19-7-5-6-8-20(19)33(31-22)15-18-11-9-17(13-27)10-12-18/h5-12,23H,14-15H2,1-4H3,(H,28,35)(H,30,34)/t23-/m1/s1. The second-order valence-electron chi connectivity index (χ2n) is 9.56. The van der Waals surface area contributed by atoms with Crippen LogP contribution in [0.5, 0.6) is 0 Å². The average Bonchev–Trinajstić information content (AvgIpc) is 3.44. The summed E-state index contributed by atoms with van der Waals surface area (Å²) in [7, 11) is 0. The van der Waals surface area contributed by atoms with Crippen LogP contribution in [0.4, 0.5) is 0 Å². The first kappa shape index (κ1) is 24.6. The van der Waals surface area contributed by atoms with Crippen LogP contribution in [0.25, 0.3) is 10.9 Å². The van der Waals surface area contributed by atoms with Gasteiger partial charge in [0, 0.05) is 5.39 Å². The van der Waals surface area contributed by atoms with Crippen molar-refractivity contribution in [3.63, 3.8) is 0 Å². The number of carbonyl (C=O) groups is 2. The van der Waals surface area contributed by atoms with Gasteiger partial charge in [-0.3, -0.25) is 14.3 Å². The molecule has 2 aromatic heterocycles. The summed E-state index contributed by atoms with van der Waals surface area (Å²) in [6.45, 7) is 7.79. The van der Waals surface area contributed by atoms with E-state index in [1.165, 1.54) is 0 Å². The zero-order valence-corrected chi connectivity index (χ0v) is 20.6. The Balaban J connectivity index is 1.56. The first-order valence-corrected chi connectivity index (χ1v) is 11.5. The Morgan fingerprint density at radius 1 is 1.14 bits per heavy atom. The molecule has 2 heterocycles. The Morgan fingerprint density at radius 3 is 2.50 bits per heavy atom. The van der Waals surface area contributed by atoms with Crippen molar-refractivity contribution in [1.29, 1.82) is 5.26 Å². The number of benzene rings is 2. The summed E-state index contributed by atoms with van der Waals surface area (Å²) in [5.41, 5.74) is 1.96. The summed E-state index contributed by atoms with van der Waals surface area (Å²) in [5, 5.41) is 23.7. The van der Waals surface area contributed by atoms with Gasteiger partial charge in [0.05, 0.1) is 30.2 Å².